The van der Waals surface area contributed by atoms with Crippen molar-refractivity contribution in [2.24, 2.45) is 5.73 Å². The number of nitrogens with one attached hydrogen (secondary N) is 3. The molecule has 0 bridgehead atoms. The fourth-order valence-electron chi connectivity index (χ4n) is 5.21. The molecule has 1 fully saturated rings. The standard InChI is InChI=1S/C32H33Cl2N7O5S.CH4O3S/c1-19-17-39-24-5-2-7-26(29(24)40-19)46-18-22-23(33)12-13-27(28(22)34)47(44,45)41-16-3-6-25(41)32(43)38-15-4-14-37-31(42)21-10-8-20(9-11-21)30(35)36;1-5(2,3)4/h2,5,7-13,17,25H,3-4,6,14-16,18H2,1H3,(H3,35,36)(H,37,42)(H,38,43);1H3,(H,2,3,4)/t25-;/m0./s1. The number of sulfonamides is 1. The van der Waals surface area contributed by atoms with Crippen molar-refractivity contribution in [2.75, 3.05) is 25.9 Å². The van der Waals surface area contributed by atoms with Gasteiger partial charge in [0.25, 0.3) is 16.0 Å². The fourth-order valence-corrected chi connectivity index (χ4v) is 7.73. The number of ether oxygens (including phenoxy) is 1. The number of fused-ring (bicyclic) bond motifs is 1. The molecule has 0 unspecified atom stereocenters. The van der Waals surface area contributed by atoms with E-state index in [1.165, 1.54) is 12.1 Å². The van der Waals surface area contributed by atoms with E-state index in [4.69, 9.17) is 43.6 Å². The van der Waals surface area contributed by atoms with E-state index in [1.54, 1.807) is 48.7 Å². The molecule has 52 heavy (non-hydrogen) atoms. The number of nitrogens with zero attached hydrogens (tertiary/aromatic N) is 3. The molecule has 2 heterocycles. The topological polar surface area (TPSA) is 235 Å². The van der Waals surface area contributed by atoms with E-state index in [-0.39, 0.29) is 58.5 Å². The molecule has 0 saturated carbocycles. The maximum absolute atomic E-state index is 13.9. The lowest BCUT2D eigenvalue weighted by Gasteiger charge is -2.24. The van der Waals surface area contributed by atoms with Crippen LogP contribution in [0.25, 0.3) is 11.0 Å². The van der Waals surface area contributed by atoms with E-state index < -0.39 is 32.1 Å². The number of amides is 2. The number of nitrogens with two attached hydrogens (primary N) is 1. The van der Waals surface area contributed by atoms with Gasteiger partial charge in [0, 0.05) is 47.5 Å². The van der Waals surface area contributed by atoms with E-state index in [1.807, 2.05) is 6.92 Å². The van der Waals surface area contributed by atoms with Gasteiger partial charge < -0.3 is 21.1 Å². The molecule has 5 rings (SSSR count). The van der Waals surface area contributed by atoms with Crippen LogP contribution in [0.1, 0.15) is 46.4 Å². The first-order valence-electron chi connectivity index (χ1n) is 15.7. The SMILES string of the molecule is CS(=O)(=O)O.Cc1cnc2cccc(OCc3c(Cl)ccc(S(=O)(=O)N4CCC[C@H]4C(=O)NCCCNC(=O)c4ccc(C(=N)N)cc4)c3Cl)c2n1. The molecule has 2 amide bonds. The smallest absolute Gasteiger partial charge is 0.261 e. The molecule has 1 atom stereocenters. The Morgan fingerprint density at radius 3 is 2.37 bits per heavy atom. The molecule has 1 aliphatic heterocycles. The molecule has 0 aliphatic carbocycles. The Hall–Kier alpha value is -4.39. The molecule has 15 nitrogen and oxygen atoms in total. The predicted octanol–water partition coefficient (Wildman–Crippen LogP) is 3.70. The van der Waals surface area contributed by atoms with E-state index in [0.29, 0.717) is 59.1 Å². The Labute approximate surface area is 311 Å². The van der Waals surface area contributed by atoms with Crippen LogP contribution >= 0.6 is 23.2 Å². The van der Waals surface area contributed by atoms with E-state index in [2.05, 4.69) is 20.6 Å². The van der Waals surface area contributed by atoms with Gasteiger partial charge in [-0.2, -0.15) is 12.7 Å². The van der Waals surface area contributed by atoms with Gasteiger partial charge in [0.1, 0.15) is 34.6 Å². The molecule has 0 radical (unpaired) electrons. The predicted molar refractivity (Wildman–Crippen MR) is 197 cm³/mol. The van der Waals surface area contributed by atoms with Crippen molar-refractivity contribution in [1.29, 1.82) is 5.41 Å². The van der Waals surface area contributed by atoms with Crippen LogP contribution in [0.2, 0.25) is 10.0 Å². The first-order valence-corrected chi connectivity index (χ1v) is 19.8. The lowest BCUT2D eigenvalue weighted by atomic mass is 10.1. The largest absolute Gasteiger partial charge is 0.486 e. The maximum Gasteiger partial charge on any atom is 0.261 e. The number of carbonyl (C=O) groups excluding carboxylic acids is 2. The van der Waals surface area contributed by atoms with Gasteiger partial charge in [-0.1, -0.05) is 41.4 Å². The number of aryl methyl sites for hydroxylation is 1. The second kappa shape index (κ2) is 17.4. The van der Waals surface area contributed by atoms with Crippen LogP contribution in [0, 0.1) is 12.3 Å². The Morgan fingerprint density at radius 2 is 1.69 bits per heavy atom. The van der Waals surface area contributed by atoms with E-state index >= 15 is 0 Å². The van der Waals surface area contributed by atoms with Gasteiger partial charge in [0.2, 0.25) is 15.9 Å². The zero-order valence-electron chi connectivity index (χ0n) is 28.1. The van der Waals surface area contributed by atoms with Crippen LogP contribution in [0.5, 0.6) is 5.75 Å². The highest BCUT2D eigenvalue weighted by Crippen LogP contribution is 2.36. The highest BCUT2D eigenvalue weighted by molar-refractivity contribution is 7.89. The molecule has 0 spiro atoms. The lowest BCUT2D eigenvalue weighted by molar-refractivity contribution is -0.124. The second-order valence-electron chi connectivity index (χ2n) is 11.7. The summed E-state index contributed by atoms with van der Waals surface area (Å²) in [6.45, 7) is 2.36. The summed E-state index contributed by atoms with van der Waals surface area (Å²) < 4.78 is 60.8. The number of carbonyl (C=O) groups is 2. The summed E-state index contributed by atoms with van der Waals surface area (Å²) in [5, 5.41) is 13.1. The lowest BCUT2D eigenvalue weighted by Crippen LogP contribution is -2.46. The zero-order chi connectivity index (χ0) is 38.2. The number of para-hydroxylation sites is 1. The highest BCUT2D eigenvalue weighted by atomic mass is 35.5. The first-order chi connectivity index (χ1) is 24.5. The number of aromatic nitrogens is 2. The van der Waals surface area contributed by atoms with Crippen molar-refractivity contribution >= 4 is 72.0 Å². The number of rotatable bonds is 12. The van der Waals surface area contributed by atoms with Gasteiger partial charge in [-0.3, -0.25) is 24.5 Å². The third kappa shape index (κ3) is 10.6. The van der Waals surface area contributed by atoms with Crippen LogP contribution in [0.4, 0.5) is 0 Å². The van der Waals surface area contributed by atoms with Gasteiger partial charge in [-0.15, -0.1) is 0 Å². The quantitative estimate of drug-likeness (QED) is 0.0600. The molecule has 6 N–H and O–H groups in total. The molecule has 1 aliphatic rings. The van der Waals surface area contributed by atoms with Crippen molar-refractivity contribution in [1.82, 2.24) is 24.9 Å². The average Bonchev–Trinajstić information content (AvgIpc) is 3.59. The van der Waals surface area contributed by atoms with Crippen molar-refractivity contribution < 1.29 is 35.7 Å². The number of amidine groups is 1. The van der Waals surface area contributed by atoms with E-state index in [0.717, 1.165) is 4.31 Å². The number of hydrogen-bond acceptors (Lipinski definition) is 10. The summed E-state index contributed by atoms with van der Waals surface area (Å²) in [5.74, 6) is -0.377. The summed E-state index contributed by atoms with van der Waals surface area (Å²) in [5.41, 5.74) is 8.56. The van der Waals surface area contributed by atoms with Crippen LogP contribution in [-0.2, 0) is 31.5 Å². The molecule has 4 aromatic rings. The van der Waals surface area contributed by atoms with Crippen LogP contribution in [0.3, 0.4) is 0 Å². The highest BCUT2D eigenvalue weighted by Gasteiger charge is 2.40. The summed E-state index contributed by atoms with van der Waals surface area (Å²) >= 11 is 13.1. The Balaban J connectivity index is 0.00000113. The van der Waals surface area contributed by atoms with Gasteiger partial charge in [-0.25, -0.2) is 13.4 Å². The molecular weight excluding hydrogens is 757 g/mol. The molecule has 278 valence electrons. The maximum atomic E-state index is 13.9. The van der Waals surface area contributed by atoms with Crippen LogP contribution < -0.4 is 21.1 Å². The number of hydrogen-bond donors (Lipinski definition) is 5. The zero-order valence-corrected chi connectivity index (χ0v) is 31.2. The summed E-state index contributed by atoms with van der Waals surface area (Å²) in [7, 11) is -7.85. The van der Waals surface area contributed by atoms with Gasteiger partial charge in [-0.05, 0) is 62.6 Å². The van der Waals surface area contributed by atoms with Crippen molar-refractivity contribution in [2.45, 2.75) is 43.7 Å². The molecular formula is C33H37Cl2N7O8S2. The Morgan fingerprint density at radius 1 is 1.04 bits per heavy atom. The molecule has 1 saturated heterocycles. The van der Waals surface area contributed by atoms with Crippen molar-refractivity contribution in [3.05, 3.63) is 93.2 Å². The average molecular weight is 795 g/mol. The Kier molecular flexibility index (Phi) is 13.5. The number of nitrogen functional groups attached to an aromatic ring is 1. The van der Waals surface area contributed by atoms with Gasteiger partial charge >= 0.3 is 0 Å². The van der Waals surface area contributed by atoms with Crippen molar-refractivity contribution in [3.63, 3.8) is 0 Å². The fraction of sp³-hybridized carbons (Fsp3) is 0.303. The minimum Gasteiger partial charge on any atom is -0.486 e. The minimum absolute atomic E-state index is 0.0854. The third-order valence-corrected chi connectivity index (χ3v) is 10.5. The van der Waals surface area contributed by atoms with Crippen LogP contribution in [0.15, 0.2) is 65.7 Å². The van der Waals surface area contributed by atoms with Gasteiger partial charge in [0.05, 0.1) is 22.5 Å². The first kappa shape index (κ1) is 40.4. The van der Waals surface area contributed by atoms with Crippen molar-refractivity contribution in [3.8, 4) is 5.75 Å². The van der Waals surface area contributed by atoms with Crippen LogP contribution in [-0.4, -0.2) is 85.2 Å². The molecule has 1 aromatic heterocycles. The minimum atomic E-state index is -4.19. The molecule has 3 aromatic carbocycles. The number of benzene rings is 3. The third-order valence-electron chi connectivity index (χ3n) is 7.67. The number of halogens is 2. The summed E-state index contributed by atoms with van der Waals surface area (Å²) in [4.78, 5) is 34.2. The summed E-state index contributed by atoms with van der Waals surface area (Å²) in [6, 6.07) is 13.5. The monoisotopic (exact) mass is 793 g/mol. The Bertz CT molecular complexity index is 2180. The normalized spacial score (nSPS) is 14.7. The van der Waals surface area contributed by atoms with E-state index in [9.17, 15) is 26.4 Å². The molecule has 19 heteroatoms. The summed E-state index contributed by atoms with van der Waals surface area (Å²) in [6.07, 6.45) is 3.64. The van der Waals surface area contributed by atoms with Gasteiger partial charge in [0.15, 0.2) is 0 Å². The second-order valence-corrected chi connectivity index (χ2v) is 15.8.